The molecule has 4 nitrogen and oxygen atoms in total. The first kappa shape index (κ1) is 17.8. The fourth-order valence-electron chi connectivity index (χ4n) is 2.83. The van der Waals surface area contributed by atoms with Crippen LogP contribution in [0.1, 0.15) is 18.9 Å². The minimum absolute atomic E-state index is 0.0550. The van der Waals surface area contributed by atoms with Gasteiger partial charge in [-0.3, -0.25) is 14.6 Å². The van der Waals surface area contributed by atoms with Crippen molar-refractivity contribution in [2.75, 3.05) is 44.6 Å². The molecule has 0 aliphatic carbocycles. The molecule has 23 heavy (non-hydrogen) atoms. The number of rotatable bonds is 6. The van der Waals surface area contributed by atoms with Crippen LogP contribution in [0, 0.1) is 0 Å². The maximum atomic E-state index is 12.4. The highest BCUT2D eigenvalue weighted by Gasteiger charge is 2.19. The van der Waals surface area contributed by atoms with E-state index in [2.05, 4.69) is 12.2 Å². The molecular weight excluding hydrogens is 300 g/mol. The number of benzene rings is 1. The van der Waals surface area contributed by atoms with E-state index in [1.165, 1.54) is 5.56 Å². The topological polar surface area (TPSA) is 35.6 Å². The second kappa shape index (κ2) is 8.93. The van der Waals surface area contributed by atoms with Crippen molar-refractivity contribution in [1.82, 2.24) is 9.80 Å². The summed E-state index contributed by atoms with van der Waals surface area (Å²) in [5, 5.41) is 2.91. The average Bonchev–Trinajstić information content (AvgIpc) is 2.72. The molecular formula is C17H25F2N3O. The van der Waals surface area contributed by atoms with Crippen molar-refractivity contribution in [1.29, 1.82) is 0 Å². The lowest BCUT2D eigenvalue weighted by molar-refractivity contribution is -0.117. The molecule has 0 spiro atoms. The average molecular weight is 325 g/mol. The van der Waals surface area contributed by atoms with E-state index in [9.17, 15) is 13.6 Å². The van der Waals surface area contributed by atoms with Crippen molar-refractivity contribution >= 4 is 11.6 Å². The van der Waals surface area contributed by atoms with Gasteiger partial charge in [-0.15, -0.1) is 0 Å². The molecule has 0 saturated carbocycles. The fraction of sp³-hybridized carbons (Fsp3) is 0.588. The number of anilines is 1. The number of hydrogen-bond donors (Lipinski definition) is 1. The molecule has 0 bridgehead atoms. The number of alkyl halides is 2. The summed E-state index contributed by atoms with van der Waals surface area (Å²) in [6.07, 6.45) is -0.558. The van der Waals surface area contributed by atoms with E-state index in [1.54, 1.807) is 4.90 Å². The lowest BCUT2D eigenvalue weighted by Crippen LogP contribution is -2.37. The monoisotopic (exact) mass is 325 g/mol. The van der Waals surface area contributed by atoms with E-state index in [0.29, 0.717) is 26.2 Å². The number of carbonyl (C=O) groups excluding carboxylic acids is 1. The molecule has 0 atom stereocenters. The molecule has 1 fully saturated rings. The minimum Gasteiger partial charge on any atom is -0.325 e. The van der Waals surface area contributed by atoms with E-state index < -0.39 is 6.43 Å². The van der Waals surface area contributed by atoms with Crippen LogP contribution in [0.3, 0.4) is 0 Å². The van der Waals surface area contributed by atoms with Gasteiger partial charge < -0.3 is 5.32 Å². The Hall–Kier alpha value is -1.53. The van der Waals surface area contributed by atoms with Crippen LogP contribution in [-0.2, 0) is 11.2 Å². The first-order valence-corrected chi connectivity index (χ1v) is 8.18. The van der Waals surface area contributed by atoms with Crippen LogP contribution in [-0.4, -0.2) is 61.4 Å². The van der Waals surface area contributed by atoms with Gasteiger partial charge in [-0.2, -0.15) is 0 Å². The van der Waals surface area contributed by atoms with Crippen LogP contribution in [0.25, 0.3) is 0 Å². The van der Waals surface area contributed by atoms with E-state index in [-0.39, 0.29) is 12.5 Å². The highest BCUT2D eigenvalue weighted by molar-refractivity contribution is 5.92. The van der Waals surface area contributed by atoms with Gasteiger partial charge in [0.25, 0.3) is 6.43 Å². The van der Waals surface area contributed by atoms with Crippen molar-refractivity contribution in [2.45, 2.75) is 26.2 Å². The molecule has 2 rings (SSSR count). The molecule has 1 heterocycles. The van der Waals surface area contributed by atoms with Crippen LogP contribution in [0.15, 0.2) is 24.3 Å². The van der Waals surface area contributed by atoms with Gasteiger partial charge in [0.15, 0.2) is 0 Å². The molecule has 1 amide bonds. The van der Waals surface area contributed by atoms with E-state index in [1.807, 2.05) is 29.2 Å². The molecule has 1 saturated heterocycles. The van der Waals surface area contributed by atoms with E-state index >= 15 is 0 Å². The van der Waals surface area contributed by atoms with Crippen LogP contribution in [0.4, 0.5) is 14.5 Å². The molecule has 128 valence electrons. The lowest BCUT2D eigenvalue weighted by Gasteiger charge is -2.21. The highest BCUT2D eigenvalue weighted by atomic mass is 19.3. The third-order valence-corrected chi connectivity index (χ3v) is 4.06. The number of nitrogens with zero attached hydrogens (tertiary/aromatic N) is 2. The van der Waals surface area contributed by atoms with Gasteiger partial charge in [-0.25, -0.2) is 8.78 Å². The quantitative estimate of drug-likeness (QED) is 0.873. The smallest absolute Gasteiger partial charge is 0.251 e. The predicted octanol–water partition coefficient (Wildman–Crippen LogP) is 2.46. The summed E-state index contributed by atoms with van der Waals surface area (Å²) in [5.41, 5.74) is 1.99. The van der Waals surface area contributed by atoms with Gasteiger partial charge in [0.2, 0.25) is 5.91 Å². The second-order valence-corrected chi connectivity index (χ2v) is 5.92. The zero-order valence-corrected chi connectivity index (χ0v) is 13.6. The largest absolute Gasteiger partial charge is 0.325 e. The summed E-state index contributed by atoms with van der Waals surface area (Å²) in [5.74, 6) is -0.0550. The van der Waals surface area contributed by atoms with Crippen LogP contribution in [0.2, 0.25) is 0 Å². The Bertz CT molecular complexity index is 510. The van der Waals surface area contributed by atoms with Crippen LogP contribution >= 0.6 is 0 Å². The standard InChI is InChI=1S/C17H25F2N3O/c1-2-14-5-3-6-15(11-14)20-17(23)13-22-8-4-7-21(9-10-22)12-16(18)19/h3,5-6,11,16H,2,4,7-10,12-13H2,1H3,(H,20,23). The van der Waals surface area contributed by atoms with Gasteiger partial charge >= 0.3 is 0 Å². The van der Waals surface area contributed by atoms with Crippen LogP contribution < -0.4 is 5.32 Å². The van der Waals surface area contributed by atoms with Gasteiger partial charge in [0.05, 0.1) is 13.1 Å². The van der Waals surface area contributed by atoms with Gasteiger partial charge in [-0.05, 0) is 43.6 Å². The number of amides is 1. The maximum Gasteiger partial charge on any atom is 0.251 e. The summed E-state index contributed by atoms with van der Waals surface area (Å²) < 4.78 is 24.9. The Labute approximate surface area is 136 Å². The molecule has 0 aromatic heterocycles. The van der Waals surface area contributed by atoms with Gasteiger partial charge in [-0.1, -0.05) is 19.1 Å². The summed E-state index contributed by atoms with van der Waals surface area (Å²) in [7, 11) is 0. The SMILES string of the molecule is CCc1cccc(NC(=O)CN2CCCN(CC(F)F)CC2)c1. The van der Waals surface area contributed by atoms with Crippen molar-refractivity contribution in [3.8, 4) is 0 Å². The summed E-state index contributed by atoms with van der Waals surface area (Å²) in [6.45, 7) is 4.87. The predicted molar refractivity (Wildman–Crippen MR) is 88.0 cm³/mol. The summed E-state index contributed by atoms with van der Waals surface area (Å²) in [4.78, 5) is 16.0. The molecule has 1 aliphatic rings. The van der Waals surface area contributed by atoms with Gasteiger partial charge in [0, 0.05) is 18.8 Å². The Morgan fingerprint density at radius 3 is 2.70 bits per heavy atom. The molecule has 1 aromatic rings. The zero-order valence-electron chi connectivity index (χ0n) is 13.6. The zero-order chi connectivity index (χ0) is 16.7. The Balaban J connectivity index is 1.80. The van der Waals surface area contributed by atoms with Crippen molar-refractivity contribution in [3.63, 3.8) is 0 Å². The first-order valence-electron chi connectivity index (χ1n) is 8.18. The molecule has 0 unspecified atom stereocenters. The molecule has 1 aromatic carbocycles. The fourth-order valence-corrected chi connectivity index (χ4v) is 2.83. The van der Waals surface area contributed by atoms with E-state index in [0.717, 1.165) is 25.1 Å². The van der Waals surface area contributed by atoms with Crippen LogP contribution in [0.5, 0.6) is 0 Å². The molecule has 1 aliphatic heterocycles. The van der Waals surface area contributed by atoms with Crippen molar-refractivity contribution in [2.24, 2.45) is 0 Å². The molecule has 6 heteroatoms. The number of aryl methyl sites for hydroxylation is 1. The Morgan fingerprint density at radius 1 is 1.22 bits per heavy atom. The highest BCUT2D eigenvalue weighted by Crippen LogP contribution is 2.11. The maximum absolute atomic E-state index is 12.4. The van der Waals surface area contributed by atoms with Gasteiger partial charge in [0.1, 0.15) is 0 Å². The number of hydrogen-bond acceptors (Lipinski definition) is 3. The third-order valence-electron chi connectivity index (χ3n) is 4.06. The summed E-state index contributed by atoms with van der Waals surface area (Å²) in [6, 6.07) is 7.82. The number of nitrogens with one attached hydrogen (secondary N) is 1. The lowest BCUT2D eigenvalue weighted by atomic mass is 10.1. The third kappa shape index (κ3) is 6.23. The Kier molecular flexibility index (Phi) is 6.92. The summed E-state index contributed by atoms with van der Waals surface area (Å²) >= 11 is 0. The van der Waals surface area contributed by atoms with Crippen molar-refractivity contribution < 1.29 is 13.6 Å². The first-order chi connectivity index (χ1) is 11.1. The molecule has 1 N–H and O–H groups in total. The van der Waals surface area contributed by atoms with E-state index in [4.69, 9.17) is 0 Å². The van der Waals surface area contributed by atoms with Crippen molar-refractivity contribution in [3.05, 3.63) is 29.8 Å². The number of carbonyl (C=O) groups is 1. The second-order valence-electron chi connectivity index (χ2n) is 5.92. The number of halogens is 2. The molecule has 0 radical (unpaired) electrons. The normalized spacial score (nSPS) is 17.2. The Morgan fingerprint density at radius 2 is 1.96 bits per heavy atom. The minimum atomic E-state index is -2.30.